The van der Waals surface area contributed by atoms with Gasteiger partial charge in [0.05, 0.1) is 0 Å². The second-order valence-corrected chi connectivity index (χ2v) is 7.61. The van der Waals surface area contributed by atoms with Crippen molar-refractivity contribution in [3.63, 3.8) is 0 Å². The molecule has 1 aliphatic carbocycles. The number of nitrogens with zero attached hydrogens (tertiary/aromatic N) is 2. The molecule has 1 aromatic carbocycles. The van der Waals surface area contributed by atoms with Crippen LogP contribution in [-0.4, -0.2) is 28.7 Å². The molecule has 28 heavy (non-hydrogen) atoms. The van der Waals surface area contributed by atoms with Gasteiger partial charge in [0.25, 0.3) is 0 Å². The second kappa shape index (κ2) is 9.89. The van der Waals surface area contributed by atoms with Crippen LogP contribution in [0, 0.1) is 0 Å². The molecule has 1 saturated carbocycles. The highest BCUT2D eigenvalue weighted by Gasteiger charge is 2.33. The smallest absolute Gasteiger partial charge is 0.248 e. The first-order valence-electron chi connectivity index (χ1n) is 9.44. The summed E-state index contributed by atoms with van der Waals surface area (Å²) in [7, 11) is 0. The fraction of sp³-hybridized carbons (Fsp3) is 0.381. The minimum atomic E-state index is -0.858. The summed E-state index contributed by atoms with van der Waals surface area (Å²) in [6.45, 7) is 0. The normalized spacial score (nSPS) is 15.6. The lowest BCUT2D eigenvalue weighted by atomic mass is 9.94. The summed E-state index contributed by atoms with van der Waals surface area (Å²) in [4.78, 5) is 31.6. The third kappa shape index (κ3) is 5.03. The van der Waals surface area contributed by atoms with Crippen molar-refractivity contribution in [3.8, 4) is 0 Å². The lowest BCUT2D eigenvalue weighted by Gasteiger charge is -2.33. The van der Waals surface area contributed by atoms with Crippen molar-refractivity contribution in [3.05, 3.63) is 59.4 Å². The number of nitrogens with one attached hydrogen (secondary N) is 1. The Hall–Kier alpha value is -2.11. The molecule has 7 heteroatoms. The number of benzene rings is 1. The number of pyridine rings is 1. The predicted octanol–water partition coefficient (Wildman–Crippen LogP) is 4.50. The maximum absolute atomic E-state index is 13.3. The molecule has 5 nitrogen and oxygen atoms in total. The maximum Gasteiger partial charge on any atom is 0.248 e. The molecule has 2 amide bonds. The number of carbonyl (C=O) groups is 2. The average Bonchev–Trinajstić information content (AvgIpc) is 2.73. The predicted molar refractivity (Wildman–Crippen MR) is 112 cm³/mol. The standard InChI is InChI=1S/C21H23Cl2N3O2/c22-13-19(27)26(18-10-8-16(23)9-11-18)20(15-5-4-12-24-14-15)21(28)25-17-6-2-1-3-7-17/h4-5,8-12,14,17,20H,1-3,6-7,13H2,(H,25,28). The lowest BCUT2D eigenvalue weighted by molar-refractivity contribution is -0.126. The van der Waals surface area contributed by atoms with Crippen molar-refractivity contribution >= 4 is 40.7 Å². The summed E-state index contributed by atoms with van der Waals surface area (Å²) in [5, 5.41) is 3.68. The van der Waals surface area contributed by atoms with E-state index in [4.69, 9.17) is 23.2 Å². The van der Waals surface area contributed by atoms with Crippen LogP contribution in [0.1, 0.15) is 43.7 Å². The highest BCUT2D eigenvalue weighted by atomic mass is 35.5. The zero-order valence-corrected chi connectivity index (χ0v) is 17.0. The fourth-order valence-electron chi connectivity index (χ4n) is 3.59. The van der Waals surface area contributed by atoms with Crippen LogP contribution in [-0.2, 0) is 9.59 Å². The largest absolute Gasteiger partial charge is 0.351 e. The zero-order valence-electron chi connectivity index (χ0n) is 15.5. The summed E-state index contributed by atoms with van der Waals surface area (Å²) in [6.07, 6.45) is 8.55. The molecule has 2 aromatic rings. The van der Waals surface area contributed by atoms with Gasteiger partial charge in [-0.2, -0.15) is 0 Å². The highest BCUT2D eigenvalue weighted by Crippen LogP contribution is 2.30. The van der Waals surface area contributed by atoms with Gasteiger partial charge in [0, 0.05) is 34.7 Å². The summed E-state index contributed by atoms with van der Waals surface area (Å²) >= 11 is 11.9. The number of rotatable bonds is 6. The molecule has 1 fully saturated rings. The molecule has 1 aromatic heterocycles. The molecule has 3 rings (SSSR count). The van der Waals surface area contributed by atoms with Crippen LogP contribution in [0.4, 0.5) is 5.69 Å². The van der Waals surface area contributed by atoms with Gasteiger partial charge in [0.2, 0.25) is 11.8 Å². The minimum absolute atomic E-state index is 0.124. The van der Waals surface area contributed by atoms with Crippen molar-refractivity contribution in [1.82, 2.24) is 10.3 Å². The maximum atomic E-state index is 13.3. The summed E-state index contributed by atoms with van der Waals surface area (Å²) in [5.74, 6) is -0.833. The molecule has 0 spiro atoms. The Morgan fingerprint density at radius 2 is 1.86 bits per heavy atom. The third-order valence-electron chi connectivity index (χ3n) is 4.95. The number of aromatic nitrogens is 1. The SMILES string of the molecule is O=C(NC1CCCCC1)C(c1cccnc1)N(C(=O)CCl)c1ccc(Cl)cc1. The van der Waals surface area contributed by atoms with Crippen molar-refractivity contribution in [2.75, 3.05) is 10.8 Å². The Labute approximate surface area is 175 Å². The molecule has 0 bridgehead atoms. The van der Waals surface area contributed by atoms with Crippen LogP contribution in [0.5, 0.6) is 0 Å². The number of hydrogen-bond donors (Lipinski definition) is 1. The van der Waals surface area contributed by atoms with E-state index < -0.39 is 6.04 Å². The zero-order chi connectivity index (χ0) is 19.9. The van der Waals surface area contributed by atoms with Gasteiger partial charge in [-0.15, -0.1) is 11.6 Å². The van der Waals surface area contributed by atoms with Crippen molar-refractivity contribution < 1.29 is 9.59 Å². The molecule has 0 saturated heterocycles. The van der Waals surface area contributed by atoms with E-state index in [1.165, 1.54) is 11.3 Å². The summed E-state index contributed by atoms with van der Waals surface area (Å²) in [6, 6.07) is 9.61. The monoisotopic (exact) mass is 419 g/mol. The third-order valence-corrected chi connectivity index (χ3v) is 5.43. The number of amides is 2. The van der Waals surface area contributed by atoms with Crippen LogP contribution in [0.15, 0.2) is 48.8 Å². The Bertz CT molecular complexity index is 793. The number of hydrogen-bond acceptors (Lipinski definition) is 3. The van der Waals surface area contributed by atoms with Gasteiger partial charge in [-0.1, -0.05) is 36.9 Å². The molecule has 148 valence electrons. The molecular formula is C21H23Cl2N3O2. The van der Waals surface area contributed by atoms with Gasteiger partial charge in [-0.05, 0) is 43.2 Å². The molecule has 0 aliphatic heterocycles. The van der Waals surface area contributed by atoms with E-state index in [1.54, 1.807) is 48.8 Å². The lowest BCUT2D eigenvalue weighted by Crippen LogP contribution is -2.47. The van der Waals surface area contributed by atoms with Gasteiger partial charge >= 0.3 is 0 Å². The van der Waals surface area contributed by atoms with Crippen LogP contribution < -0.4 is 10.2 Å². The number of anilines is 1. The molecule has 1 aliphatic rings. The molecule has 1 heterocycles. The number of halogens is 2. The Morgan fingerprint density at radius 3 is 2.46 bits per heavy atom. The van der Waals surface area contributed by atoms with Crippen LogP contribution in [0.25, 0.3) is 0 Å². The van der Waals surface area contributed by atoms with E-state index in [1.807, 2.05) is 0 Å². The van der Waals surface area contributed by atoms with Gasteiger partial charge in [-0.25, -0.2) is 0 Å². The Balaban J connectivity index is 1.98. The second-order valence-electron chi connectivity index (χ2n) is 6.91. The number of alkyl halides is 1. The van der Waals surface area contributed by atoms with E-state index >= 15 is 0 Å². The molecule has 0 radical (unpaired) electrons. The molecule has 1 atom stereocenters. The topological polar surface area (TPSA) is 62.3 Å². The average molecular weight is 420 g/mol. The van der Waals surface area contributed by atoms with Gasteiger partial charge in [0.1, 0.15) is 11.9 Å². The summed E-state index contributed by atoms with van der Waals surface area (Å²) in [5.41, 5.74) is 1.19. The van der Waals surface area contributed by atoms with E-state index in [0.717, 1.165) is 25.7 Å². The van der Waals surface area contributed by atoms with E-state index in [9.17, 15) is 9.59 Å². The van der Waals surface area contributed by atoms with Crippen LogP contribution in [0.2, 0.25) is 5.02 Å². The first-order valence-corrected chi connectivity index (χ1v) is 10.4. The van der Waals surface area contributed by atoms with Crippen molar-refractivity contribution in [1.29, 1.82) is 0 Å². The van der Waals surface area contributed by atoms with Gasteiger partial charge in [0.15, 0.2) is 0 Å². The van der Waals surface area contributed by atoms with E-state index in [-0.39, 0.29) is 23.7 Å². The molecule has 1 N–H and O–H groups in total. The van der Waals surface area contributed by atoms with Crippen LogP contribution in [0.3, 0.4) is 0 Å². The van der Waals surface area contributed by atoms with Crippen LogP contribution >= 0.6 is 23.2 Å². The Morgan fingerprint density at radius 1 is 1.14 bits per heavy atom. The molecule has 1 unspecified atom stereocenters. The van der Waals surface area contributed by atoms with Crippen molar-refractivity contribution in [2.45, 2.75) is 44.2 Å². The van der Waals surface area contributed by atoms with E-state index in [0.29, 0.717) is 16.3 Å². The Kier molecular flexibility index (Phi) is 7.29. The van der Waals surface area contributed by atoms with Crippen molar-refractivity contribution in [2.24, 2.45) is 0 Å². The van der Waals surface area contributed by atoms with E-state index in [2.05, 4.69) is 10.3 Å². The van der Waals surface area contributed by atoms with Gasteiger partial charge < -0.3 is 5.32 Å². The minimum Gasteiger partial charge on any atom is -0.351 e. The number of carbonyl (C=O) groups excluding carboxylic acids is 2. The van der Waals surface area contributed by atoms with Gasteiger partial charge in [-0.3, -0.25) is 19.5 Å². The first kappa shape index (κ1) is 20.6. The summed E-state index contributed by atoms with van der Waals surface area (Å²) < 4.78 is 0. The fourth-order valence-corrected chi connectivity index (χ4v) is 3.84. The highest BCUT2D eigenvalue weighted by molar-refractivity contribution is 6.31. The molecular weight excluding hydrogens is 397 g/mol. The quantitative estimate of drug-likeness (QED) is 0.701. The first-order chi connectivity index (χ1) is 13.6.